The number of hydrogen-bond acceptors (Lipinski definition) is 2. The van der Waals surface area contributed by atoms with Crippen LogP contribution in [0, 0.1) is 0 Å². The highest BCUT2D eigenvalue weighted by Crippen LogP contribution is 2.34. The molecule has 0 radical (unpaired) electrons. The number of para-hydroxylation sites is 1. The Kier molecular flexibility index (Phi) is 2.91. The third-order valence-electron chi connectivity index (χ3n) is 4.69. The first kappa shape index (κ1) is 13.8. The zero-order valence-electron chi connectivity index (χ0n) is 13.0. The second-order valence-corrected chi connectivity index (χ2v) is 6.06. The Bertz CT molecular complexity index is 997. The summed E-state index contributed by atoms with van der Waals surface area (Å²) in [5.41, 5.74) is 4.74. The highest BCUT2D eigenvalue weighted by atomic mass is 16.2. The summed E-state index contributed by atoms with van der Waals surface area (Å²) >= 11 is 0. The second kappa shape index (κ2) is 4.84. The van der Waals surface area contributed by atoms with Gasteiger partial charge in [0.25, 0.3) is 0 Å². The summed E-state index contributed by atoms with van der Waals surface area (Å²) in [5, 5.41) is 2.93. The summed E-state index contributed by atoms with van der Waals surface area (Å²) in [6.07, 6.45) is 0.627. The summed E-state index contributed by atoms with van der Waals surface area (Å²) in [5.74, 6) is -0.141. The fraction of sp³-hybridized carbons (Fsp3) is 0.222. The minimum atomic E-state index is -0.176. The van der Waals surface area contributed by atoms with Crippen LogP contribution in [0.1, 0.15) is 17.0 Å². The number of anilines is 1. The van der Waals surface area contributed by atoms with Crippen LogP contribution in [-0.2, 0) is 25.3 Å². The quantitative estimate of drug-likeness (QED) is 0.789. The number of amides is 1. The highest BCUT2D eigenvalue weighted by molar-refractivity contribution is 6.03. The van der Waals surface area contributed by atoms with E-state index in [1.54, 1.807) is 23.2 Å². The zero-order chi connectivity index (χ0) is 16.1. The van der Waals surface area contributed by atoms with Crippen molar-refractivity contribution in [2.75, 3.05) is 5.32 Å². The molecule has 0 saturated heterocycles. The molecule has 0 fully saturated rings. The monoisotopic (exact) mass is 307 g/mol. The van der Waals surface area contributed by atoms with Gasteiger partial charge in [0.05, 0.1) is 17.0 Å². The minimum Gasteiger partial charge on any atom is -0.325 e. The third kappa shape index (κ3) is 2.00. The Labute approximate surface area is 133 Å². The Morgan fingerprint density at radius 3 is 2.57 bits per heavy atom. The third-order valence-corrected chi connectivity index (χ3v) is 4.69. The van der Waals surface area contributed by atoms with Crippen molar-refractivity contribution in [1.29, 1.82) is 0 Å². The maximum absolute atomic E-state index is 12.3. The predicted molar refractivity (Wildman–Crippen MR) is 89.7 cm³/mol. The Morgan fingerprint density at radius 2 is 1.74 bits per heavy atom. The summed E-state index contributed by atoms with van der Waals surface area (Å²) < 4.78 is 3.28. The van der Waals surface area contributed by atoms with Crippen molar-refractivity contribution in [1.82, 2.24) is 9.13 Å². The molecule has 0 unspecified atom stereocenters. The molecule has 5 nitrogen and oxygen atoms in total. The molecule has 1 aliphatic heterocycles. The number of carbonyl (C=O) groups excluding carboxylic acids is 1. The lowest BCUT2D eigenvalue weighted by Crippen LogP contribution is -2.19. The molecule has 2 aromatic carbocycles. The van der Waals surface area contributed by atoms with Gasteiger partial charge in [-0.1, -0.05) is 24.3 Å². The maximum Gasteiger partial charge on any atom is 0.328 e. The smallest absolute Gasteiger partial charge is 0.325 e. The SMILES string of the molecule is Cn1c(=O)n(C)c2cc(C[C@H]3C(=O)Nc4ccccc43)ccc21. The number of hydrogen-bond donors (Lipinski definition) is 1. The van der Waals surface area contributed by atoms with Gasteiger partial charge in [0.1, 0.15) is 0 Å². The molecule has 116 valence electrons. The van der Waals surface area contributed by atoms with Gasteiger partial charge < -0.3 is 5.32 Å². The van der Waals surface area contributed by atoms with Gasteiger partial charge in [0, 0.05) is 19.8 Å². The van der Waals surface area contributed by atoms with Gasteiger partial charge in [-0.15, -0.1) is 0 Å². The van der Waals surface area contributed by atoms with Gasteiger partial charge in [0.2, 0.25) is 5.91 Å². The molecule has 1 aliphatic rings. The molecule has 0 aliphatic carbocycles. The first-order chi connectivity index (χ1) is 11.1. The van der Waals surface area contributed by atoms with Crippen LogP contribution < -0.4 is 11.0 Å². The second-order valence-electron chi connectivity index (χ2n) is 6.06. The summed E-state index contributed by atoms with van der Waals surface area (Å²) in [6, 6.07) is 13.8. The molecule has 0 saturated carbocycles. The van der Waals surface area contributed by atoms with E-state index in [1.165, 1.54) is 0 Å². The van der Waals surface area contributed by atoms with Crippen LogP contribution in [0.25, 0.3) is 11.0 Å². The van der Waals surface area contributed by atoms with Gasteiger partial charge in [0.15, 0.2) is 0 Å². The number of nitrogens with one attached hydrogen (secondary N) is 1. The molecule has 1 aromatic heterocycles. The number of nitrogens with zero attached hydrogens (tertiary/aromatic N) is 2. The Morgan fingerprint density at radius 1 is 1.00 bits per heavy atom. The standard InChI is InChI=1S/C18H17N3O2/c1-20-15-8-7-11(10-16(15)21(2)18(20)23)9-13-12-5-3-4-6-14(12)19-17(13)22/h3-8,10,13H,9H2,1-2H3,(H,19,22)/t13-/m1/s1. The number of aromatic nitrogens is 2. The number of imidazole rings is 1. The van der Waals surface area contributed by atoms with Gasteiger partial charge in [-0.2, -0.15) is 0 Å². The number of benzene rings is 2. The van der Waals surface area contributed by atoms with Crippen LogP contribution in [0.4, 0.5) is 5.69 Å². The van der Waals surface area contributed by atoms with Crippen LogP contribution in [0.5, 0.6) is 0 Å². The van der Waals surface area contributed by atoms with Crippen LogP contribution in [0.2, 0.25) is 0 Å². The van der Waals surface area contributed by atoms with Gasteiger partial charge in [-0.25, -0.2) is 4.79 Å². The lowest BCUT2D eigenvalue weighted by molar-refractivity contribution is -0.117. The van der Waals surface area contributed by atoms with Gasteiger partial charge in [-0.05, 0) is 35.7 Å². The average molecular weight is 307 g/mol. The molecule has 23 heavy (non-hydrogen) atoms. The predicted octanol–water partition coefficient (Wildman–Crippen LogP) is 2.16. The van der Waals surface area contributed by atoms with E-state index < -0.39 is 0 Å². The van der Waals surface area contributed by atoms with E-state index in [1.807, 2.05) is 42.5 Å². The summed E-state index contributed by atoms with van der Waals surface area (Å²) in [4.78, 5) is 24.3. The normalized spacial score (nSPS) is 16.6. The van der Waals surface area contributed by atoms with E-state index in [2.05, 4.69) is 5.32 Å². The number of rotatable bonds is 2. The topological polar surface area (TPSA) is 56.0 Å². The maximum atomic E-state index is 12.3. The molecule has 2 heterocycles. The lowest BCUT2D eigenvalue weighted by Gasteiger charge is -2.09. The van der Waals surface area contributed by atoms with Crippen molar-refractivity contribution >= 4 is 22.6 Å². The number of carbonyl (C=O) groups is 1. The van der Waals surface area contributed by atoms with Gasteiger partial charge >= 0.3 is 5.69 Å². The summed E-state index contributed by atoms with van der Waals surface area (Å²) in [6.45, 7) is 0. The fourth-order valence-electron chi connectivity index (χ4n) is 3.39. The van der Waals surface area contributed by atoms with Crippen molar-refractivity contribution in [2.24, 2.45) is 14.1 Å². The first-order valence-corrected chi connectivity index (χ1v) is 7.60. The highest BCUT2D eigenvalue weighted by Gasteiger charge is 2.30. The largest absolute Gasteiger partial charge is 0.328 e. The van der Waals surface area contributed by atoms with Crippen LogP contribution in [0.15, 0.2) is 47.3 Å². The van der Waals surface area contributed by atoms with Gasteiger partial charge in [-0.3, -0.25) is 13.9 Å². The molecule has 0 bridgehead atoms. The van der Waals surface area contributed by atoms with E-state index in [4.69, 9.17) is 0 Å². The molecular formula is C18H17N3O2. The lowest BCUT2D eigenvalue weighted by atomic mass is 9.93. The van der Waals surface area contributed by atoms with E-state index in [9.17, 15) is 9.59 Å². The van der Waals surface area contributed by atoms with Crippen LogP contribution in [-0.4, -0.2) is 15.0 Å². The van der Waals surface area contributed by atoms with Crippen molar-refractivity contribution < 1.29 is 4.79 Å². The fourth-order valence-corrected chi connectivity index (χ4v) is 3.39. The van der Waals surface area contributed by atoms with Crippen molar-refractivity contribution in [3.8, 4) is 0 Å². The van der Waals surface area contributed by atoms with Crippen molar-refractivity contribution in [3.05, 3.63) is 64.1 Å². The van der Waals surface area contributed by atoms with E-state index in [0.717, 1.165) is 27.8 Å². The Hall–Kier alpha value is -2.82. The molecule has 1 N–H and O–H groups in total. The van der Waals surface area contributed by atoms with E-state index in [-0.39, 0.29) is 17.5 Å². The van der Waals surface area contributed by atoms with Crippen molar-refractivity contribution in [3.63, 3.8) is 0 Å². The number of aryl methyl sites for hydroxylation is 2. The average Bonchev–Trinajstić information content (AvgIpc) is 2.98. The van der Waals surface area contributed by atoms with Crippen LogP contribution >= 0.6 is 0 Å². The molecular weight excluding hydrogens is 290 g/mol. The zero-order valence-corrected chi connectivity index (χ0v) is 13.0. The van der Waals surface area contributed by atoms with E-state index >= 15 is 0 Å². The van der Waals surface area contributed by atoms with E-state index in [0.29, 0.717) is 6.42 Å². The molecule has 1 atom stereocenters. The molecule has 5 heteroatoms. The number of fused-ring (bicyclic) bond motifs is 2. The minimum absolute atomic E-state index is 0.0354. The summed E-state index contributed by atoms with van der Waals surface area (Å²) in [7, 11) is 3.54. The molecule has 4 rings (SSSR count). The van der Waals surface area contributed by atoms with Crippen LogP contribution in [0.3, 0.4) is 0 Å². The molecule has 3 aromatic rings. The molecule has 0 spiro atoms. The molecule has 1 amide bonds. The first-order valence-electron chi connectivity index (χ1n) is 7.60. The van der Waals surface area contributed by atoms with Crippen molar-refractivity contribution in [2.45, 2.75) is 12.3 Å². The Balaban J connectivity index is 1.75.